The fraction of sp³-hybridized carbons (Fsp3) is 0.864. The summed E-state index contributed by atoms with van der Waals surface area (Å²) in [5.74, 6) is -0.373. The van der Waals surface area contributed by atoms with Gasteiger partial charge >= 0.3 is 11.9 Å². The van der Waals surface area contributed by atoms with E-state index in [2.05, 4.69) is 31.0 Å². The third kappa shape index (κ3) is 11.3. The van der Waals surface area contributed by atoms with E-state index in [-0.39, 0.29) is 23.8 Å². The predicted molar refractivity (Wildman–Crippen MR) is 115 cm³/mol. The number of ketones is 1. The number of hydrogen-bond acceptors (Lipinski definition) is 5. The second-order valence-corrected chi connectivity index (χ2v) is 8.68. The van der Waals surface area contributed by atoms with E-state index in [1.54, 1.807) is 6.92 Å². The molecule has 0 amide bonds. The highest BCUT2D eigenvalue weighted by Crippen LogP contribution is 2.22. The van der Waals surface area contributed by atoms with Crippen molar-refractivity contribution < 1.29 is 24.6 Å². The second-order valence-electron chi connectivity index (χ2n) is 8.68. The van der Waals surface area contributed by atoms with Crippen LogP contribution in [-0.4, -0.2) is 64.0 Å². The Hall–Kier alpha value is -1.47. The maximum Gasteiger partial charge on any atom is 0.320 e. The summed E-state index contributed by atoms with van der Waals surface area (Å²) in [6, 6.07) is -0.156. The van der Waals surface area contributed by atoms with Crippen LogP contribution in [0.5, 0.6) is 0 Å². The Morgan fingerprint density at radius 2 is 1.45 bits per heavy atom. The summed E-state index contributed by atoms with van der Waals surface area (Å²) in [6.45, 7) is 13.6. The fourth-order valence-electron chi connectivity index (χ4n) is 3.15. The van der Waals surface area contributed by atoms with Crippen molar-refractivity contribution >= 4 is 17.7 Å². The number of carboxylic acids is 2. The van der Waals surface area contributed by atoms with Crippen LogP contribution in [0.15, 0.2) is 0 Å². The molecule has 7 heteroatoms. The Morgan fingerprint density at radius 3 is 1.79 bits per heavy atom. The lowest BCUT2D eigenvalue weighted by Crippen LogP contribution is -2.50. The summed E-state index contributed by atoms with van der Waals surface area (Å²) >= 11 is 0. The van der Waals surface area contributed by atoms with Crippen molar-refractivity contribution in [3.05, 3.63) is 0 Å². The third-order valence-corrected chi connectivity index (χ3v) is 5.74. The maximum absolute atomic E-state index is 11.1. The van der Waals surface area contributed by atoms with Gasteiger partial charge in [-0.2, -0.15) is 0 Å². The van der Waals surface area contributed by atoms with Gasteiger partial charge in [-0.25, -0.2) is 0 Å². The highest BCUT2D eigenvalue weighted by atomic mass is 16.4. The monoisotopic (exact) mass is 414 g/mol. The number of piperidine rings is 2. The summed E-state index contributed by atoms with van der Waals surface area (Å²) < 4.78 is 0. The molecule has 0 aromatic heterocycles. The topological polar surface area (TPSA) is 107 Å². The molecule has 1 unspecified atom stereocenters. The van der Waals surface area contributed by atoms with Crippen LogP contribution >= 0.6 is 0 Å². The van der Waals surface area contributed by atoms with E-state index in [1.165, 1.54) is 0 Å². The molecule has 170 valence electrons. The third-order valence-electron chi connectivity index (χ3n) is 5.74. The SMILES string of the molecule is CC(=O)C(C)C.CC(C)C(C)N1CCCC[C@@H]1C(=O)O.O=C(O)[C@H]1CCCCN1. The molecule has 0 spiro atoms. The number of carbonyl (C=O) groups excluding carboxylic acids is 1. The standard InChI is InChI=1S/C11H21NO2.C6H11NO2.C5H10O/c1-8(2)9(3)12-7-5-4-6-10(12)11(13)14;8-6(9)5-3-1-2-4-7-5;1-4(2)5(3)6/h8-10H,4-7H2,1-3H3,(H,13,14);5,7H,1-4H2,(H,8,9);4H,1-3H3/t9?,10-;5-;/m11./s1. The first-order valence-corrected chi connectivity index (χ1v) is 10.9. The van der Waals surface area contributed by atoms with Gasteiger partial charge in [-0.1, -0.05) is 40.5 Å². The Labute approximate surface area is 176 Å². The van der Waals surface area contributed by atoms with Gasteiger partial charge in [-0.3, -0.25) is 19.3 Å². The Bertz CT molecular complexity index is 501. The molecule has 2 saturated heterocycles. The zero-order chi connectivity index (χ0) is 22.6. The minimum absolute atomic E-state index is 0.213. The van der Waals surface area contributed by atoms with Crippen molar-refractivity contribution in [1.29, 1.82) is 0 Å². The number of aliphatic carboxylic acids is 2. The maximum atomic E-state index is 11.1. The quantitative estimate of drug-likeness (QED) is 0.633. The van der Waals surface area contributed by atoms with E-state index in [0.29, 0.717) is 12.0 Å². The number of nitrogens with one attached hydrogen (secondary N) is 1. The minimum Gasteiger partial charge on any atom is -0.480 e. The molecule has 0 saturated carbocycles. The Morgan fingerprint density at radius 1 is 0.897 bits per heavy atom. The van der Waals surface area contributed by atoms with Gasteiger partial charge in [0.15, 0.2) is 0 Å². The van der Waals surface area contributed by atoms with Crippen LogP contribution in [0.4, 0.5) is 0 Å². The normalized spacial score (nSPS) is 23.3. The van der Waals surface area contributed by atoms with Crippen LogP contribution < -0.4 is 5.32 Å². The number of hydrogen-bond donors (Lipinski definition) is 3. The van der Waals surface area contributed by atoms with Crippen molar-refractivity contribution in [3.63, 3.8) is 0 Å². The number of carboxylic acid groups (broad SMARTS) is 2. The molecule has 2 aliphatic rings. The molecule has 0 aromatic carbocycles. The molecule has 0 aromatic rings. The molecule has 7 nitrogen and oxygen atoms in total. The second kappa shape index (κ2) is 14.5. The number of likely N-dealkylation sites (tertiary alicyclic amines) is 1. The highest BCUT2D eigenvalue weighted by molar-refractivity contribution is 5.77. The number of rotatable bonds is 5. The smallest absolute Gasteiger partial charge is 0.320 e. The van der Waals surface area contributed by atoms with Gasteiger partial charge < -0.3 is 15.5 Å². The largest absolute Gasteiger partial charge is 0.480 e. The molecule has 0 bridgehead atoms. The summed E-state index contributed by atoms with van der Waals surface area (Å²) in [5, 5.41) is 20.5. The van der Waals surface area contributed by atoms with E-state index < -0.39 is 11.9 Å². The first-order chi connectivity index (χ1) is 13.5. The van der Waals surface area contributed by atoms with Gasteiger partial charge in [-0.05, 0) is 58.5 Å². The van der Waals surface area contributed by atoms with Crippen molar-refractivity contribution in [2.45, 2.75) is 98.2 Å². The lowest BCUT2D eigenvalue weighted by Gasteiger charge is -2.39. The lowest BCUT2D eigenvalue weighted by molar-refractivity contribution is -0.146. The lowest BCUT2D eigenvalue weighted by atomic mass is 9.96. The summed E-state index contributed by atoms with van der Waals surface area (Å²) in [4.78, 5) is 33.6. The molecule has 29 heavy (non-hydrogen) atoms. The van der Waals surface area contributed by atoms with Crippen LogP contribution in [-0.2, 0) is 14.4 Å². The molecule has 2 heterocycles. The van der Waals surface area contributed by atoms with E-state index >= 15 is 0 Å². The van der Waals surface area contributed by atoms with Gasteiger partial charge in [0.2, 0.25) is 0 Å². The summed E-state index contributed by atoms with van der Waals surface area (Å²) in [7, 11) is 0. The highest BCUT2D eigenvalue weighted by Gasteiger charge is 2.32. The first-order valence-electron chi connectivity index (χ1n) is 10.9. The first kappa shape index (κ1) is 27.5. The number of Topliss-reactive ketones (excluding diaryl/α,β-unsaturated/α-hetero) is 1. The van der Waals surface area contributed by atoms with E-state index in [4.69, 9.17) is 10.2 Å². The summed E-state index contributed by atoms with van der Waals surface area (Å²) in [6.07, 6.45) is 5.95. The average molecular weight is 415 g/mol. The molecule has 2 fully saturated rings. The Kier molecular flexibility index (Phi) is 13.8. The van der Waals surface area contributed by atoms with Crippen molar-refractivity contribution in [2.75, 3.05) is 13.1 Å². The molecule has 0 aliphatic carbocycles. The van der Waals surface area contributed by atoms with E-state index in [1.807, 2.05) is 13.8 Å². The van der Waals surface area contributed by atoms with Gasteiger partial charge in [0.05, 0.1) is 0 Å². The van der Waals surface area contributed by atoms with E-state index in [0.717, 1.165) is 51.6 Å². The van der Waals surface area contributed by atoms with Gasteiger partial charge in [-0.15, -0.1) is 0 Å². The zero-order valence-corrected chi connectivity index (χ0v) is 19.1. The van der Waals surface area contributed by atoms with Crippen LogP contribution in [0.25, 0.3) is 0 Å². The molecule has 3 N–H and O–H groups in total. The average Bonchev–Trinajstić information content (AvgIpc) is 2.68. The van der Waals surface area contributed by atoms with Crippen LogP contribution in [0, 0.1) is 11.8 Å². The minimum atomic E-state index is -0.713. The van der Waals surface area contributed by atoms with Crippen LogP contribution in [0.1, 0.15) is 80.1 Å². The van der Waals surface area contributed by atoms with Crippen LogP contribution in [0.3, 0.4) is 0 Å². The molecule has 2 rings (SSSR count). The van der Waals surface area contributed by atoms with Crippen molar-refractivity contribution in [2.24, 2.45) is 11.8 Å². The number of nitrogens with zero attached hydrogens (tertiary/aromatic N) is 1. The van der Waals surface area contributed by atoms with E-state index in [9.17, 15) is 14.4 Å². The molecule has 0 radical (unpaired) electrons. The Balaban J connectivity index is 0.000000448. The predicted octanol–water partition coefficient (Wildman–Crippen LogP) is 3.41. The van der Waals surface area contributed by atoms with Gasteiger partial charge in [0.25, 0.3) is 0 Å². The molecule has 2 aliphatic heterocycles. The number of carbonyl (C=O) groups is 3. The molecular formula is C22H42N2O5. The van der Waals surface area contributed by atoms with Crippen molar-refractivity contribution in [1.82, 2.24) is 10.2 Å². The summed E-state index contributed by atoms with van der Waals surface area (Å²) in [5.41, 5.74) is 0. The van der Waals surface area contributed by atoms with Gasteiger partial charge in [0.1, 0.15) is 17.9 Å². The zero-order valence-electron chi connectivity index (χ0n) is 19.1. The molecule has 3 atom stereocenters. The molecular weight excluding hydrogens is 372 g/mol. The fourth-order valence-corrected chi connectivity index (χ4v) is 3.15. The van der Waals surface area contributed by atoms with Crippen molar-refractivity contribution in [3.8, 4) is 0 Å². The van der Waals surface area contributed by atoms with Gasteiger partial charge in [0, 0.05) is 12.0 Å². The van der Waals surface area contributed by atoms with Crippen LogP contribution in [0.2, 0.25) is 0 Å².